The van der Waals surface area contributed by atoms with Crippen molar-refractivity contribution in [1.29, 1.82) is 0 Å². The summed E-state index contributed by atoms with van der Waals surface area (Å²) in [4.78, 5) is 56.1. The Morgan fingerprint density at radius 3 is 2.19 bits per heavy atom. The summed E-state index contributed by atoms with van der Waals surface area (Å²) < 4.78 is 14.0. The van der Waals surface area contributed by atoms with Crippen molar-refractivity contribution in [3.05, 3.63) is 108 Å². The molecular formula is C29H23FN2O5. The van der Waals surface area contributed by atoms with E-state index < -0.39 is 52.9 Å². The van der Waals surface area contributed by atoms with Crippen LogP contribution in [-0.2, 0) is 14.4 Å². The van der Waals surface area contributed by atoms with Gasteiger partial charge in [-0.15, -0.1) is 0 Å². The summed E-state index contributed by atoms with van der Waals surface area (Å²) in [7, 11) is 0. The Kier molecular flexibility index (Phi) is 5.95. The molecule has 0 radical (unpaired) electrons. The number of hydrogen-bond donors (Lipinski definition) is 1. The number of fused-ring (bicyclic) bond motifs is 1. The largest absolute Gasteiger partial charge is 0.479 e. The SMILES string of the molecule is CC1(C(=O)O)C2C(=O)N(c3ccccc3)C(=O)C2C(C=Cc2ccccc2)N1C(=O)c1cccc(F)c1. The second-order valence-electron chi connectivity index (χ2n) is 9.25. The molecule has 0 spiro atoms. The number of aliphatic carboxylic acids is 1. The Bertz CT molecular complexity index is 1420. The quantitative estimate of drug-likeness (QED) is 0.537. The number of anilines is 1. The fraction of sp³-hybridized carbons (Fsp3) is 0.172. The van der Waals surface area contributed by atoms with Gasteiger partial charge in [-0.1, -0.05) is 66.7 Å². The van der Waals surface area contributed by atoms with Crippen LogP contribution in [0.4, 0.5) is 10.1 Å². The van der Waals surface area contributed by atoms with Crippen LogP contribution in [0.3, 0.4) is 0 Å². The first-order valence-corrected chi connectivity index (χ1v) is 11.7. The van der Waals surface area contributed by atoms with Crippen LogP contribution in [0, 0.1) is 17.7 Å². The van der Waals surface area contributed by atoms with Crippen molar-refractivity contribution < 1.29 is 28.7 Å². The third-order valence-corrected chi connectivity index (χ3v) is 7.15. The number of carboxylic acids is 1. The first-order chi connectivity index (χ1) is 17.7. The number of benzene rings is 3. The monoisotopic (exact) mass is 498 g/mol. The number of halogens is 1. The van der Waals surface area contributed by atoms with Crippen LogP contribution in [0.15, 0.2) is 91.0 Å². The van der Waals surface area contributed by atoms with Gasteiger partial charge in [-0.3, -0.25) is 14.4 Å². The van der Waals surface area contributed by atoms with Gasteiger partial charge in [0.2, 0.25) is 11.8 Å². The molecule has 1 N–H and O–H groups in total. The van der Waals surface area contributed by atoms with Gasteiger partial charge in [0.15, 0.2) is 5.54 Å². The topological polar surface area (TPSA) is 95.0 Å². The summed E-state index contributed by atoms with van der Waals surface area (Å²) in [5, 5.41) is 10.4. The highest BCUT2D eigenvalue weighted by Crippen LogP contribution is 2.51. The van der Waals surface area contributed by atoms with Crippen LogP contribution < -0.4 is 4.90 Å². The normalized spacial score (nSPS) is 25.1. The fourth-order valence-corrected chi connectivity index (χ4v) is 5.40. The molecule has 3 amide bonds. The van der Waals surface area contributed by atoms with E-state index >= 15 is 0 Å². The molecule has 4 atom stereocenters. The second-order valence-corrected chi connectivity index (χ2v) is 9.25. The van der Waals surface area contributed by atoms with Crippen molar-refractivity contribution in [2.45, 2.75) is 18.5 Å². The van der Waals surface area contributed by atoms with Gasteiger partial charge >= 0.3 is 5.97 Å². The van der Waals surface area contributed by atoms with E-state index in [0.29, 0.717) is 5.69 Å². The Morgan fingerprint density at radius 1 is 0.919 bits per heavy atom. The molecule has 3 aromatic rings. The number of carboxylic acid groups (broad SMARTS) is 1. The van der Waals surface area contributed by atoms with E-state index in [2.05, 4.69) is 0 Å². The Hall–Kier alpha value is -4.59. The molecule has 4 unspecified atom stereocenters. The van der Waals surface area contributed by atoms with E-state index in [1.165, 1.54) is 25.1 Å². The molecule has 8 heteroatoms. The minimum Gasteiger partial charge on any atom is -0.479 e. The molecule has 2 aliphatic rings. The van der Waals surface area contributed by atoms with E-state index in [0.717, 1.165) is 21.4 Å². The van der Waals surface area contributed by atoms with Gasteiger partial charge in [-0.05, 0) is 42.8 Å². The first-order valence-electron chi connectivity index (χ1n) is 11.7. The van der Waals surface area contributed by atoms with Crippen LogP contribution in [0.25, 0.3) is 6.08 Å². The van der Waals surface area contributed by atoms with Crippen LogP contribution in [0.5, 0.6) is 0 Å². The Morgan fingerprint density at radius 2 is 1.57 bits per heavy atom. The average Bonchev–Trinajstić information content (AvgIpc) is 3.32. The van der Waals surface area contributed by atoms with Crippen molar-refractivity contribution >= 4 is 35.5 Å². The molecule has 2 aliphatic heterocycles. The summed E-state index contributed by atoms with van der Waals surface area (Å²) >= 11 is 0. The lowest BCUT2D eigenvalue weighted by Crippen LogP contribution is -2.58. The third kappa shape index (κ3) is 3.81. The molecule has 0 bridgehead atoms. The third-order valence-electron chi connectivity index (χ3n) is 7.15. The van der Waals surface area contributed by atoms with E-state index in [1.54, 1.807) is 42.5 Å². The molecule has 2 fully saturated rings. The van der Waals surface area contributed by atoms with E-state index in [4.69, 9.17) is 0 Å². The minimum atomic E-state index is -2.07. The molecular weight excluding hydrogens is 475 g/mol. The summed E-state index contributed by atoms with van der Waals surface area (Å²) in [6.45, 7) is 1.28. The maximum Gasteiger partial charge on any atom is 0.330 e. The standard InChI is InChI=1S/C29H23FN2O5/c1-29(28(36)37)24-23(26(34)31(27(24)35)21-13-6-3-7-14-21)22(16-15-18-9-4-2-5-10-18)32(29)25(33)19-11-8-12-20(30)17-19/h2-17,22-24H,1H3,(H,36,37). The van der Waals surface area contributed by atoms with Crippen LogP contribution in [0.2, 0.25) is 0 Å². The predicted molar refractivity (Wildman–Crippen MR) is 134 cm³/mol. The number of para-hydroxylation sites is 1. The zero-order chi connectivity index (χ0) is 26.3. The number of imide groups is 1. The summed E-state index contributed by atoms with van der Waals surface area (Å²) in [6.07, 6.45) is 3.27. The molecule has 2 heterocycles. The zero-order valence-corrected chi connectivity index (χ0v) is 19.8. The number of carbonyl (C=O) groups is 4. The highest BCUT2D eigenvalue weighted by molar-refractivity contribution is 6.25. The molecule has 2 saturated heterocycles. The number of hydrogen-bond acceptors (Lipinski definition) is 4. The van der Waals surface area contributed by atoms with E-state index in [-0.39, 0.29) is 5.56 Å². The minimum absolute atomic E-state index is 0.0784. The van der Waals surface area contributed by atoms with Crippen molar-refractivity contribution in [2.24, 2.45) is 11.8 Å². The van der Waals surface area contributed by atoms with Gasteiger partial charge in [0.1, 0.15) is 5.82 Å². The lowest BCUT2D eigenvalue weighted by Gasteiger charge is -2.37. The van der Waals surface area contributed by atoms with E-state index in [1.807, 2.05) is 30.3 Å². The maximum absolute atomic E-state index is 14.0. The molecule has 0 aliphatic carbocycles. The second kappa shape index (κ2) is 9.13. The highest BCUT2D eigenvalue weighted by Gasteiger charge is 2.71. The van der Waals surface area contributed by atoms with Gasteiger partial charge in [0.25, 0.3) is 5.91 Å². The number of rotatable bonds is 5. The lowest BCUT2D eigenvalue weighted by molar-refractivity contribution is -0.152. The summed E-state index contributed by atoms with van der Waals surface area (Å²) in [5.74, 6) is -6.66. The van der Waals surface area contributed by atoms with E-state index in [9.17, 15) is 28.7 Å². The molecule has 5 rings (SSSR count). The smallest absolute Gasteiger partial charge is 0.330 e. The Balaban J connectivity index is 1.68. The molecule has 37 heavy (non-hydrogen) atoms. The Labute approximate surface area is 212 Å². The number of likely N-dealkylation sites (tertiary alicyclic amines) is 1. The molecule has 0 saturated carbocycles. The maximum atomic E-state index is 14.0. The van der Waals surface area contributed by atoms with Crippen molar-refractivity contribution in [3.8, 4) is 0 Å². The molecule has 7 nitrogen and oxygen atoms in total. The lowest BCUT2D eigenvalue weighted by atomic mass is 9.81. The van der Waals surface area contributed by atoms with Gasteiger partial charge in [0, 0.05) is 5.56 Å². The van der Waals surface area contributed by atoms with Gasteiger partial charge in [-0.2, -0.15) is 0 Å². The number of amides is 3. The van der Waals surface area contributed by atoms with Crippen LogP contribution in [0.1, 0.15) is 22.8 Å². The highest BCUT2D eigenvalue weighted by atomic mass is 19.1. The van der Waals surface area contributed by atoms with Crippen molar-refractivity contribution in [3.63, 3.8) is 0 Å². The zero-order valence-electron chi connectivity index (χ0n) is 19.8. The predicted octanol–water partition coefficient (Wildman–Crippen LogP) is 4.01. The molecule has 0 aromatic heterocycles. The van der Waals surface area contributed by atoms with Gasteiger partial charge in [-0.25, -0.2) is 14.1 Å². The van der Waals surface area contributed by atoms with Crippen LogP contribution >= 0.6 is 0 Å². The average molecular weight is 499 g/mol. The van der Waals surface area contributed by atoms with Gasteiger partial charge in [0.05, 0.1) is 23.6 Å². The fourth-order valence-electron chi connectivity index (χ4n) is 5.40. The summed E-state index contributed by atoms with van der Waals surface area (Å²) in [5.41, 5.74) is -1.06. The van der Waals surface area contributed by atoms with Crippen molar-refractivity contribution in [2.75, 3.05) is 4.90 Å². The van der Waals surface area contributed by atoms with Gasteiger partial charge < -0.3 is 10.0 Å². The van der Waals surface area contributed by atoms with Crippen LogP contribution in [-0.4, -0.2) is 45.3 Å². The number of nitrogens with zero attached hydrogens (tertiary/aromatic N) is 2. The first kappa shape index (κ1) is 24.1. The molecule has 186 valence electrons. The number of carbonyl (C=O) groups excluding carboxylic acids is 3. The molecule has 3 aromatic carbocycles. The summed E-state index contributed by atoms with van der Waals surface area (Å²) in [6, 6.07) is 21.2. The van der Waals surface area contributed by atoms with Crippen molar-refractivity contribution in [1.82, 2.24) is 4.90 Å².